The molecule has 0 bridgehead atoms. The number of hydrogen-bond acceptors (Lipinski definition) is 7. The Morgan fingerprint density at radius 3 is 2.47 bits per heavy atom. The number of sulfone groups is 1. The van der Waals surface area contributed by atoms with Gasteiger partial charge in [-0.3, -0.25) is 9.47 Å². The zero-order valence-electron chi connectivity index (χ0n) is 19.3. The molecule has 1 aliphatic rings. The van der Waals surface area contributed by atoms with E-state index in [4.69, 9.17) is 4.74 Å². The van der Waals surface area contributed by atoms with E-state index in [-0.39, 0.29) is 29.3 Å². The maximum absolute atomic E-state index is 13.2. The fraction of sp³-hybridized carbons (Fsp3) is 0.391. The Bertz CT molecular complexity index is 1520. The van der Waals surface area contributed by atoms with Crippen molar-refractivity contribution in [3.63, 3.8) is 0 Å². The van der Waals surface area contributed by atoms with E-state index in [2.05, 4.69) is 33.8 Å². The third kappa shape index (κ3) is 4.33. The summed E-state index contributed by atoms with van der Waals surface area (Å²) in [5.41, 5.74) is 2.61. The molecule has 1 aliphatic heterocycles. The minimum atomic E-state index is -3.29. The third-order valence-electron chi connectivity index (χ3n) is 6.03. The van der Waals surface area contributed by atoms with Crippen LogP contribution in [0.25, 0.3) is 16.7 Å². The van der Waals surface area contributed by atoms with Crippen LogP contribution >= 0.6 is 0 Å². The molecular weight excluding hydrogens is 456 g/mol. The maximum Gasteiger partial charge on any atom is 0.425 e. The summed E-state index contributed by atoms with van der Waals surface area (Å²) in [5.74, 6) is 0. The van der Waals surface area contributed by atoms with E-state index < -0.39 is 9.84 Å². The van der Waals surface area contributed by atoms with E-state index in [1.165, 1.54) is 17.1 Å². The average molecular weight is 484 g/mol. The fourth-order valence-electron chi connectivity index (χ4n) is 4.62. The van der Waals surface area contributed by atoms with Crippen molar-refractivity contribution >= 4 is 26.5 Å². The molecule has 0 amide bonds. The maximum atomic E-state index is 13.2. The Morgan fingerprint density at radius 2 is 1.79 bits per heavy atom. The summed E-state index contributed by atoms with van der Waals surface area (Å²) in [6, 6.07) is 8.57. The molecule has 10 nitrogen and oxygen atoms in total. The quantitative estimate of drug-likeness (QED) is 0.415. The fourth-order valence-corrected chi connectivity index (χ4v) is 5.25. The number of morpholine rings is 1. The van der Waals surface area contributed by atoms with E-state index >= 15 is 0 Å². The molecule has 0 aliphatic carbocycles. The number of ether oxygens (including phenoxy) is 1. The number of aromatic amines is 1. The second-order valence-electron chi connectivity index (χ2n) is 9.00. The number of nitrogens with zero attached hydrogens (tertiary/aromatic N) is 5. The summed E-state index contributed by atoms with van der Waals surface area (Å²) in [5, 5.41) is 4.96. The highest BCUT2D eigenvalue weighted by molar-refractivity contribution is 7.90. The minimum Gasteiger partial charge on any atom is -0.373 e. The standard InChI is InChI=1S/C23H26N6O4S/c1-15-10-27(11-16(2)33-15)12-18-8-20-21(24-9-18)28(23(30)29-22(20)25-14-26-29)13-17-4-6-19(7-5-17)34(3,31)32/h4-9,14-16H,10-13H2,1-3H3/p+1/t15-,16+. The van der Waals surface area contributed by atoms with Gasteiger partial charge in [0.25, 0.3) is 12.0 Å². The van der Waals surface area contributed by atoms with Gasteiger partial charge >= 0.3 is 5.69 Å². The van der Waals surface area contributed by atoms with E-state index in [0.717, 1.165) is 36.1 Å². The van der Waals surface area contributed by atoms with E-state index in [1.54, 1.807) is 28.8 Å². The second-order valence-corrected chi connectivity index (χ2v) is 11.0. The number of H-pyrrole nitrogens is 1. The van der Waals surface area contributed by atoms with Gasteiger partial charge in [-0.05, 0) is 47.7 Å². The first-order valence-electron chi connectivity index (χ1n) is 11.1. The summed E-state index contributed by atoms with van der Waals surface area (Å²) in [6.45, 7) is 6.81. The van der Waals surface area contributed by atoms with Crippen LogP contribution in [0.3, 0.4) is 0 Å². The molecule has 1 aromatic carbocycles. The van der Waals surface area contributed by atoms with Crippen molar-refractivity contribution in [1.29, 1.82) is 0 Å². The molecule has 1 fully saturated rings. The summed E-state index contributed by atoms with van der Waals surface area (Å²) in [7, 11) is -3.29. The molecule has 1 saturated heterocycles. The van der Waals surface area contributed by atoms with Gasteiger partial charge in [0.1, 0.15) is 0 Å². The van der Waals surface area contributed by atoms with Crippen molar-refractivity contribution in [2.45, 2.75) is 44.0 Å². The SMILES string of the molecule is C[C@@H]1CN(Cc2cnc3c(c2)c2[nH+]cnn2c(=O)n3Cc2ccc(S(C)(=O)=O)cc2)C[C@H](C)O1. The Hall–Kier alpha value is -3.15. The lowest BCUT2D eigenvalue weighted by Crippen LogP contribution is -2.44. The molecule has 2 atom stereocenters. The zero-order chi connectivity index (χ0) is 24.0. The number of hydrogen-bond donors (Lipinski definition) is 0. The summed E-state index contributed by atoms with van der Waals surface area (Å²) >= 11 is 0. The lowest BCUT2D eigenvalue weighted by atomic mass is 10.1. The zero-order valence-corrected chi connectivity index (χ0v) is 20.1. The minimum absolute atomic E-state index is 0.172. The summed E-state index contributed by atoms with van der Waals surface area (Å²) < 4.78 is 32.3. The van der Waals surface area contributed by atoms with Gasteiger partial charge in [-0.1, -0.05) is 12.1 Å². The Labute approximate surface area is 196 Å². The molecule has 11 heteroatoms. The van der Waals surface area contributed by atoms with Crippen LogP contribution in [0.15, 0.2) is 52.5 Å². The highest BCUT2D eigenvalue weighted by atomic mass is 32.2. The molecule has 0 unspecified atom stereocenters. The van der Waals surface area contributed by atoms with Gasteiger partial charge in [0.2, 0.25) is 0 Å². The van der Waals surface area contributed by atoms with Crippen LogP contribution in [0.2, 0.25) is 0 Å². The van der Waals surface area contributed by atoms with E-state index in [0.29, 0.717) is 11.3 Å². The predicted molar refractivity (Wildman–Crippen MR) is 125 cm³/mol. The molecule has 0 radical (unpaired) electrons. The molecule has 3 aromatic heterocycles. The number of fused-ring (bicyclic) bond motifs is 3. The monoisotopic (exact) mass is 483 g/mol. The van der Waals surface area contributed by atoms with Crippen LogP contribution in [-0.4, -0.2) is 64.0 Å². The average Bonchev–Trinajstić information content (AvgIpc) is 3.26. The van der Waals surface area contributed by atoms with Crippen LogP contribution in [0.4, 0.5) is 0 Å². The Kier molecular flexibility index (Phi) is 5.70. The van der Waals surface area contributed by atoms with Gasteiger partial charge in [0, 0.05) is 37.2 Å². The van der Waals surface area contributed by atoms with Crippen molar-refractivity contribution in [2.24, 2.45) is 0 Å². The summed E-state index contributed by atoms with van der Waals surface area (Å²) in [4.78, 5) is 23.5. The topological polar surface area (TPSA) is 113 Å². The van der Waals surface area contributed by atoms with Gasteiger partial charge < -0.3 is 4.74 Å². The predicted octanol–water partition coefficient (Wildman–Crippen LogP) is 0.919. The van der Waals surface area contributed by atoms with Crippen LogP contribution in [0.1, 0.15) is 25.0 Å². The van der Waals surface area contributed by atoms with Crippen molar-refractivity contribution < 1.29 is 18.1 Å². The normalized spacial score (nSPS) is 19.7. The van der Waals surface area contributed by atoms with Crippen LogP contribution in [0, 0.1) is 0 Å². The molecular formula is C23H27N6O4S+. The second kappa shape index (κ2) is 8.57. The van der Waals surface area contributed by atoms with Gasteiger partial charge in [-0.2, -0.15) is 0 Å². The smallest absolute Gasteiger partial charge is 0.373 e. The van der Waals surface area contributed by atoms with Gasteiger partial charge in [0.05, 0.1) is 29.0 Å². The number of benzene rings is 1. The highest BCUT2D eigenvalue weighted by Gasteiger charge is 2.24. The van der Waals surface area contributed by atoms with E-state index in [1.807, 2.05) is 12.3 Å². The van der Waals surface area contributed by atoms with Crippen molar-refractivity contribution in [3.05, 3.63) is 64.5 Å². The van der Waals surface area contributed by atoms with E-state index in [9.17, 15) is 13.2 Å². The molecule has 4 aromatic rings. The lowest BCUT2D eigenvalue weighted by Gasteiger charge is -2.35. The lowest BCUT2D eigenvalue weighted by molar-refractivity contribution is -0.345. The molecule has 1 N–H and O–H groups in total. The van der Waals surface area contributed by atoms with Crippen LogP contribution in [-0.2, 0) is 27.7 Å². The van der Waals surface area contributed by atoms with Gasteiger partial charge in [-0.25, -0.2) is 23.2 Å². The molecule has 178 valence electrons. The molecule has 4 heterocycles. The van der Waals surface area contributed by atoms with Crippen LogP contribution < -0.4 is 10.7 Å². The first-order chi connectivity index (χ1) is 16.2. The van der Waals surface area contributed by atoms with Gasteiger partial charge in [-0.15, -0.1) is 0 Å². The van der Waals surface area contributed by atoms with Crippen LogP contribution in [0.5, 0.6) is 0 Å². The highest BCUT2D eigenvalue weighted by Crippen LogP contribution is 2.20. The summed E-state index contributed by atoms with van der Waals surface area (Å²) in [6.07, 6.45) is 4.81. The third-order valence-corrected chi connectivity index (χ3v) is 7.15. The molecule has 34 heavy (non-hydrogen) atoms. The number of nitrogens with one attached hydrogen (secondary N) is 1. The van der Waals surface area contributed by atoms with Crippen molar-refractivity contribution in [1.82, 2.24) is 24.1 Å². The number of pyridine rings is 1. The first-order valence-corrected chi connectivity index (χ1v) is 13.0. The molecule has 0 saturated carbocycles. The number of aromatic nitrogens is 5. The first kappa shape index (κ1) is 22.6. The Morgan fingerprint density at radius 1 is 1.09 bits per heavy atom. The molecule has 5 rings (SSSR count). The largest absolute Gasteiger partial charge is 0.425 e. The van der Waals surface area contributed by atoms with Crippen molar-refractivity contribution in [3.8, 4) is 0 Å². The van der Waals surface area contributed by atoms with Crippen molar-refractivity contribution in [2.75, 3.05) is 19.3 Å². The van der Waals surface area contributed by atoms with Gasteiger partial charge in [0.15, 0.2) is 15.5 Å². The Balaban J connectivity index is 1.54. The molecule has 0 spiro atoms. The number of rotatable bonds is 5.